The lowest BCUT2D eigenvalue weighted by Crippen LogP contribution is -2.34. The Balaban J connectivity index is 1.31. The van der Waals surface area contributed by atoms with Crippen LogP contribution in [0, 0.1) is 0 Å². The average Bonchev–Trinajstić information content (AvgIpc) is 3.48. The van der Waals surface area contributed by atoms with Gasteiger partial charge in [-0.1, -0.05) is 6.92 Å². The second kappa shape index (κ2) is 8.63. The summed E-state index contributed by atoms with van der Waals surface area (Å²) in [6.07, 6.45) is 13.3. The summed E-state index contributed by atoms with van der Waals surface area (Å²) in [4.78, 5) is 24.4. The van der Waals surface area contributed by atoms with Crippen LogP contribution in [-0.4, -0.2) is 59.8 Å². The van der Waals surface area contributed by atoms with Crippen molar-refractivity contribution in [2.24, 2.45) is 7.05 Å². The molecule has 0 radical (unpaired) electrons. The first-order valence-electron chi connectivity index (χ1n) is 11.1. The van der Waals surface area contributed by atoms with E-state index in [2.05, 4.69) is 32.0 Å². The largest absolute Gasteiger partial charge is 0.303 e. The molecule has 0 atom stereocenters. The summed E-state index contributed by atoms with van der Waals surface area (Å²) < 4.78 is 3.73. The first-order chi connectivity index (χ1) is 15.6. The van der Waals surface area contributed by atoms with Gasteiger partial charge in [0.05, 0.1) is 36.1 Å². The highest BCUT2D eigenvalue weighted by molar-refractivity contribution is 5.97. The molecule has 8 nitrogen and oxygen atoms in total. The van der Waals surface area contributed by atoms with Crippen molar-refractivity contribution in [2.75, 3.05) is 19.6 Å². The molecule has 1 aliphatic rings. The highest BCUT2D eigenvalue weighted by atomic mass is 16.1. The van der Waals surface area contributed by atoms with Crippen molar-refractivity contribution < 1.29 is 4.79 Å². The minimum absolute atomic E-state index is 0.0376. The normalized spacial score (nSPS) is 15.4. The lowest BCUT2D eigenvalue weighted by molar-refractivity contribution is 0.0991. The van der Waals surface area contributed by atoms with Crippen LogP contribution < -0.4 is 0 Å². The molecule has 4 aromatic heterocycles. The van der Waals surface area contributed by atoms with Gasteiger partial charge in [0, 0.05) is 61.6 Å². The first kappa shape index (κ1) is 20.5. The Morgan fingerprint density at radius 1 is 1.00 bits per heavy atom. The van der Waals surface area contributed by atoms with E-state index in [0.29, 0.717) is 11.6 Å². The van der Waals surface area contributed by atoms with E-state index in [9.17, 15) is 4.79 Å². The molecule has 0 bridgehead atoms. The summed E-state index contributed by atoms with van der Waals surface area (Å²) in [5, 5.41) is 10.7. The number of likely N-dealkylation sites (tertiary alicyclic amines) is 1. The SMILES string of the molecule is CCN1CCC(n2cc(C(=O)Cc3cc4cc(-c5cnn(C)c5)ncc4cn3)cn2)CC1. The number of fused-ring (bicyclic) bond motifs is 1. The van der Waals surface area contributed by atoms with Gasteiger partial charge in [-0.25, -0.2) is 0 Å². The van der Waals surface area contributed by atoms with E-state index in [4.69, 9.17) is 0 Å². The van der Waals surface area contributed by atoms with Crippen molar-refractivity contribution in [3.05, 3.63) is 60.6 Å². The van der Waals surface area contributed by atoms with Crippen molar-refractivity contribution in [1.29, 1.82) is 0 Å². The molecule has 164 valence electrons. The van der Waals surface area contributed by atoms with E-state index in [1.165, 1.54) is 0 Å². The third-order valence-electron chi connectivity index (χ3n) is 6.30. The van der Waals surface area contributed by atoms with Gasteiger partial charge in [-0.05, 0) is 36.9 Å². The van der Waals surface area contributed by atoms with Crippen LogP contribution in [0.4, 0.5) is 0 Å². The molecule has 0 aromatic carbocycles. The van der Waals surface area contributed by atoms with Gasteiger partial charge in [0.25, 0.3) is 0 Å². The Hall–Kier alpha value is -3.39. The van der Waals surface area contributed by atoms with Crippen LogP contribution in [0.25, 0.3) is 22.0 Å². The number of ketones is 1. The summed E-state index contributed by atoms with van der Waals surface area (Å²) >= 11 is 0. The predicted octanol–water partition coefficient (Wildman–Crippen LogP) is 3.31. The minimum atomic E-state index is 0.0376. The molecule has 0 saturated carbocycles. The number of aryl methyl sites for hydroxylation is 1. The van der Waals surface area contributed by atoms with Crippen molar-refractivity contribution in [3.63, 3.8) is 0 Å². The van der Waals surface area contributed by atoms with Crippen LogP contribution in [0.3, 0.4) is 0 Å². The number of Topliss-reactive ketones (excluding diaryl/α,β-unsaturated/α-hetero) is 1. The fourth-order valence-electron chi connectivity index (χ4n) is 4.34. The van der Waals surface area contributed by atoms with E-state index in [0.717, 1.165) is 60.2 Å². The monoisotopic (exact) mass is 429 g/mol. The first-order valence-corrected chi connectivity index (χ1v) is 11.1. The lowest BCUT2D eigenvalue weighted by atomic mass is 10.0. The summed E-state index contributed by atoms with van der Waals surface area (Å²) in [5.74, 6) is 0.0376. The number of aromatic nitrogens is 6. The van der Waals surface area contributed by atoms with Crippen LogP contribution in [0.5, 0.6) is 0 Å². The number of hydrogen-bond donors (Lipinski definition) is 0. The maximum atomic E-state index is 12.9. The van der Waals surface area contributed by atoms with Gasteiger partial charge >= 0.3 is 0 Å². The molecule has 32 heavy (non-hydrogen) atoms. The second-order valence-corrected chi connectivity index (χ2v) is 8.47. The Labute approximate surface area is 186 Å². The van der Waals surface area contributed by atoms with Crippen molar-refractivity contribution in [1.82, 2.24) is 34.4 Å². The maximum Gasteiger partial charge on any atom is 0.171 e. The number of carbonyl (C=O) groups is 1. The third kappa shape index (κ3) is 4.18. The fourth-order valence-corrected chi connectivity index (χ4v) is 4.34. The third-order valence-corrected chi connectivity index (χ3v) is 6.30. The van der Waals surface area contributed by atoms with Crippen LogP contribution in [0.1, 0.15) is 41.9 Å². The summed E-state index contributed by atoms with van der Waals surface area (Å²) in [6.45, 7) is 5.46. The standard InChI is InChI=1S/C24H27N7O/c1-3-30-6-4-22(5-7-30)31-16-20(14-28-31)24(32)10-21-8-17-9-23(19-13-27-29(2)15-19)26-12-18(17)11-25-21/h8-9,11-16,22H,3-7,10H2,1-2H3. The number of pyridine rings is 2. The fraction of sp³-hybridized carbons (Fsp3) is 0.375. The van der Waals surface area contributed by atoms with Crippen molar-refractivity contribution >= 4 is 16.6 Å². The van der Waals surface area contributed by atoms with E-state index in [-0.39, 0.29) is 12.2 Å². The van der Waals surface area contributed by atoms with Gasteiger partial charge in [0.15, 0.2) is 5.78 Å². The Morgan fingerprint density at radius 2 is 1.81 bits per heavy atom. The molecular weight excluding hydrogens is 402 g/mol. The van der Waals surface area contributed by atoms with E-state index >= 15 is 0 Å². The Kier molecular flexibility index (Phi) is 5.53. The molecule has 0 amide bonds. The van der Waals surface area contributed by atoms with Gasteiger partial charge in [-0.15, -0.1) is 0 Å². The average molecular weight is 430 g/mol. The highest BCUT2D eigenvalue weighted by Crippen LogP contribution is 2.24. The van der Waals surface area contributed by atoms with Crippen molar-refractivity contribution in [2.45, 2.75) is 32.2 Å². The smallest absolute Gasteiger partial charge is 0.171 e. The molecule has 4 aromatic rings. The Bertz CT molecular complexity index is 1250. The topological polar surface area (TPSA) is 81.7 Å². The number of rotatable bonds is 6. The number of carbonyl (C=O) groups excluding carboxylic acids is 1. The molecule has 1 fully saturated rings. The zero-order valence-corrected chi connectivity index (χ0v) is 18.5. The van der Waals surface area contributed by atoms with Crippen LogP contribution >= 0.6 is 0 Å². The lowest BCUT2D eigenvalue weighted by Gasteiger charge is -2.31. The molecule has 8 heteroatoms. The predicted molar refractivity (Wildman–Crippen MR) is 122 cm³/mol. The zero-order chi connectivity index (χ0) is 22.1. The summed E-state index contributed by atoms with van der Waals surface area (Å²) in [5.41, 5.74) is 3.20. The Morgan fingerprint density at radius 3 is 2.56 bits per heavy atom. The van der Waals surface area contributed by atoms with Gasteiger partial charge in [-0.2, -0.15) is 10.2 Å². The van der Waals surface area contributed by atoms with E-state index in [1.54, 1.807) is 23.3 Å². The number of hydrogen-bond acceptors (Lipinski definition) is 6. The number of piperidine rings is 1. The molecule has 5 heterocycles. The molecular formula is C24H27N7O. The van der Waals surface area contributed by atoms with Gasteiger partial charge in [0.2, 0.25) is 0 Å². The van der Waals surface area contributed by atoms with Crippen LogP contribution in [0.15, 0.2) is 49.3 Å². The minimum Gasteiger partial charge on any atom is -0.303 e. The molecule has 0 unspecified atom stereocenters. The van der Waals surface area contributed by atoms with Gasteiger partial charge in [-0.3, -0.25) is 24.1 Å². The van der Waals surface area contributed by atoms with Gasteiger partial charge < -0.3 is 4.90 Å². The molecule has 1 aliphatic heterocycles. The molecule has 0 aliphatic carbocycles. The number of nitrogens with zero attached hydrogens (tertiary/aromatic N) is 7. The highest BCUT2D eigenvalue weighted by Gasteiger charge is 2.21. The molecule has 5 rings (SSSR count). The summed E-state index contributed by atoms with van der Waals surface area (Å²) in [7, 11) is 1.88. The second-order valence-electron chi connectivity index (χ2n) is 8.47. The van der Waals surface area contributed by atoms with Gasteiger partial charge in [0.1, 0.15) is 0 Å². The quantitative estimate of drug-likeness (QED) is 0.438. The summed E-state index contributed by atoms with van der Waals surface area (Å²) in [6, 6.07) is 4.36. The zero-order valence-electron chi connectivity index (χ0n) is 18.5. The molecule has 0 spiro atoms. The van der Waals surface area contributed by atoms with Crippen LogP contribution in [-0.2, 0) is 13.5 Å². The van der Waals surface area contributed by atoms with E-state index in [1.807, 2.05) is 42.5 Å². The van der Waals surface area contributed by atoms with Crippen LogP contribution in [0.2, 0.25) is 0 Å². The maximum absolute atomic E-state index is 12.9. The molecule has 0 N–H and O–H groups in total. The van der Waals surface area contributed by atoms with E-state index < -0.39 is 0 Å². The molecule has 1 saturated heterocycles. The van der Waals surface area contributed by atoms with Crippen molar-refractivity contribution in [3.8, 4) is 11.3 Å².